The Hall–Kier alpha value is -6.63. The fourth-order valence-electron chi connectivity index (χ4n) is 5.54. The number of rotatable bonds is 12. The van der Waals surface area contributed by atoms with Gasteiger partial charge in [0.1, 0.15) is 28.9 Å². The molecule has 2 aromatic heterocycles. The zero-order valence-electron chi connectivity index (χ0n) is 29.0. The maximum atomic E-state index is 13.5. The van der Waals surface area contributed by atoms with Gasteiger partial charge in [-0.05, 0) is 86.8 Å². The van der Waals surface area contributed by atoms with Crippen molar-refractivity contribution in [3.63, 3.8) is 0 Å². The number of carbonyl (C=O) groups is 2. The molecular formula is C38H36FN9O5. The molecule has 0 bridgehead atoms. The van der Waals surface area contributed by atoms with Crippen molar-refractivity contribution in [3.8, 4) is 29.1 Å². The number of nitrogens with one attached hydrogen (secondary N) is 3. The number of ether oxygens (including phenoxy) is 2. The van der Waals surface area contributed by atoms with E-state index in [0.717, 1.165) is 26.2 Å². The first kappa shape index (κ1) is 36.2. The summed E-state index contributed by atoms with van der Waals surface area (Å²) in [4.78, 5) is 52.3. The van der Waals surface area contributed by atoms with Crippen LogP contribution in [0.1, 0.15) is 22.8 Å². The summed E-state index contributed by atoms with van der Waals surface area (Å²) < 4.78 is 26.2. The van der Waals surface area contributed by atoms with Crippen molar-refractivity contribution in [2.24, 2.45) is 0 Å². The number of pyridine rings is 1. The molecule has 6 rings (SSSR count). The molecule has 3 aromatic carbocycles. The van der Waals surface area contributed by atoms with Gasteiger partial charge in [-0.1, -0.05) is 0 Å². The van der Waals surface area contributed by atoms with E-state index in [0.29, 0.717) is 28.5 Å². The number of aromatic nitrogens is 3. The van der Waals surface area contributed by atoms with Crippen molar-refractivity contribution in [2.45, 2.75) is 6.92 Å². The lowest BCUT2D eigenvalue weighted by Gasteiger charge is -2.31. The average molecular weight is 718 g/mol. The van der Waals surface area contributed by atoms with Crippen molar-refractivity contribution in [1.82, 2.24) is 24.3 Å². The summed E-state index contributed by atoms with van der Waals surface area (Å²) in [6.45, 7) is 5.64. The standard InChI is InChI=1S/C38H36FN9O5/c1-3-52-32-15-17-48(29-9-4-26(39)5-10-29)37(51)35(32)36(50)42-27-6-11-30(12-7-27)53-34-14-16-41-38(45-34)43-28-8-13-31(25(22-28)23-40)44-33(49)24-47-20-18-46(2)19-21-47/h4-17,22H,3,18-21,24H2,1-2H3,(H,42,50)(H,44,49)(H,41,43,45). The number of hydrogen-bond acceptors (Lipinski definition) is 11. The Morgan fingerprint density at radius 2 is 1.68 bits per heavy atom. The van der Waals surface area contributed by atoms with Gasteiger partial charge in [0.25, 0.3) is 11.5 Å². The van der Waals surface area contributed by atoms with Crippen molar-refractivity contribution >= 4 is 34.8 Å². The molecule has 0 saturated carbocycles. The molecule has 1 fully saturated rings. The zero-order chi connectivity index (χ0) is 37.3. The van der Waals surface area contributed by atoms with Gasteiger partial charge in [-0.15, -0.1) is 0 Å². The Morgan fingerprint density at radius 3 is 2.40 bits per heavy atom. The molecule has 0 spiro atoms. The van der Waals surface area contributed by atoms with E-state index in [4.69, 9.17) is 9.47 Å². The first-order valence-electron chi connectivity index (χ1n) is 16.8. The number of nitrogens with zero attached hydrogens (tertiary/aromatic N) is 6. The zero-order valence-corrected chi connectivity index (χ0v) is 29.0. The van der Waals surface area contributed by atoms with E-state index < -0.39 is 17.3 Å². The summed E-state index contributed by atoms with van der Waals surface area (Å²) in [5.74, 6) is -0.368. The molecule has 53 heavy (non-hydrogen) atoms. The molecule has 14 nitrogen and oxygen atoms in total. The van der Waals surface area contributed by atoms with Gasteiger partial charge in [0.2, 0.25) is 17.7 Å². The Labute approximate surface area is 304 Å². The Morgan fingerprint density at radius 1 is 0.943 bits per heavy atom. The Kier molecular flexibility index (Phi) is 11.3. The summed E-state index contributed by atoms with van der Waals surface area (Å²) in [6.07, 6.45) is 2.97. The Bertz CT molecular complexity index is 2200. The average Bonchev–Trinajstić information content (AvgIpc) is 3.15. The molecule has 15 heteroatoms. The lowest BCUT2D eigenvalue weighted by Crippen LogP contribution is -2.47. The van der Waals surface area contributed by atoms with Crippen LogP contribution in [0.3, 0.4) is 0 Å². The van der Waals surface area contributed by atoms with Crippen LogP contribution in [0.5, 0.6) is 17.4 Å². The van der Waals surface area contributed by atoms with Crippen LogP contribution in [0, 0.1) is 17.1 Å². The summed E-state index contributed by atoms with van der Waals surface area (Å²) >= 11 is 0. The van der Waals surface area contributed by atoms with E-state index in [9.17, 15) is 24.0 Å². The minimum atomic E-state index is -0.685. The maximum absolute atomic E-state index is 13.5. The molecule has 1 aliphatic rings. The van der Waals surface area contributed by atoms with Gasteiger partial charge in [0.15, 0.2) is 0 Å². The van der Waals surface area contributed by atoms with E-state index in [1.165, 1.54) is 47.3 Å². The van der Waals surface area contributed by atoms with Crippen LogP contribution >= 0.6 is 0 Å². The SMILES string of the molecule is CCOc1ccn(-c2ccc(F)cc2)c(=O)c1C(=O)Nc1ccc(Oc2ccnc(Nc3ccc(NC(=O)CN4CCN(C)CC4)c(C#N)c3)n2)cc1. The second kappa shape index (κ2) is 16.6. The number of likely N-dealkylation sites (N-methyl/N-ethyl adjacent to an activating group) is 1. The van der Waals surface area contributed by atoms with Gasteiger partial charge in [0, 0.05) is 61.7 Å². The van der Waals surface area contributed by atoms with Crippen LogP contribution < -0.4 is 31.0 Å². The van der Waals surface area contributed by atoms with Crippen molar-refractivity contribution in [3.05, 3.63) is 119 Å². The third-order valence-electron chi connectivity index (χ3n) is 8.28. The summed E-state index contributed by atoms with van der Waals surface area (Å²) in [5, 5.41) is 18.4. The molecule has 1 saturated heterocycles. The Balaban J connectivity index is 1.08. The lowest BCUT2D eigenvalue weighted by atomic mass is 10.1. The molecule has 0 atom stereocenters. The van der Waals surface area contributed by atoms with E-state index in [1.54, 1.807) is 55.5 Å². The maximum Gasteiger partial charge on any atom is 0.271 e. The van der Waals surface area contributed by atoms with E-state index in [-0.39, 0.29) is 47.8 Å². The number of halogens is 1. The highest BCUT2D eigenvalue weighted by Crippen LogP contribution is 2.26. The van der Waals surface area contributed by atoms with Gasteiger partial charge in [-0.2, -0.15) is 10.2 Å². The second-order valence-corrected chi connectivity index (χ2v) is 12.1. The number of anilines is 4. The monoisotopic (exact) mass is 717 g/mol. The quantitative estimate of drug-likeness (QED) is 0.159. The van der Waals surface area contributed by atoms with Crippen LogP contribution in [-0.4, -0.2) is 82.5 Å². The number of hydrogen-bond donors (Lipinski definition) is 3. The molecule has 5 aromatic rings. The number of benzene rings is 3. The highest BCUT2D eigenvalue weighted by Gasteiger charge is 2.21. The van der Waals surface area contributed by atoms with Gasteiger partial charge < -0.3 is 30.3 Å². The molecule has 0 unspecified atom stereocenters. The molecule has 0 radical (unpaired) electrons. The highest BCUT2D eigenvalue weighted by atomic mass is 19.1. The fraction of sp³-hybridized carbons (Fsp3) is 0.211. The van der Waals surface area contributed by atoms with Crippen molar-refractivity contribution < 1.29 is 23.5 Å². The normalized spacial score (nSPS) is 13.1. The van der Waals surface area contributed by atoms with Crippen LogP contribution in [0.2, 0.25) is 0 Å². The van der Waals surface area contributed by atoms with E-state index in [2.05, 4.69) is 48.8 Å². The number of amides is 2. The molecule has 270 valence electrons. The first-order chi connectivity index (χ1) is 25.7. The predicted molar refractivity (Wildman–Crippen MR) is 197 cm³/mol. The summed E-state index contributed by atoms with van der Waals surface area (Å²) in [6, 6.07) is 21.9. The fourth-order valence-corrected chi connectivity index (χ4v) is 5.54. The minimum absolute atomic E-state index is 0.116. The van der Waals surface area contributed by atoms with Gasteiger partial charge in [-0.25, -0.2) is 9.37 Å². The van der Waals surface area contributed by atoms with Gasteiger partial charge in [0.05, 0.1) is 24.4 Å². The summed E-state index contributed by atoms with van der Waals surface area (Å²) in [7, 11) is 2.05. The van der Waals surface area contributed by atoms with Crippen molar-refractivity contribution in [2.75, 3.05) is 62.3 Å². The first-order valence-corrected chi connectivity index (χ1v) is 16.8. The summed E-state index contributed by atoms with van der Waals surface area (Å²) in [5.41, 5.74) is 1.17. The molecule has 3 N–H and O–H groups in total. The molecule has 2 amide bonds. The third kappa shape index (κ3) is 9.19. The number of nitriles is 1. The van der Waals surface area contributed by atoms with Gasteiger partial charge >= 0.3 is 0 Å². The topological polar surface area (TPSA) is 167 Å². The number of carbonyl (C=O) groups excluding carboxylic acids is 2. The van der Waals surface area contributed by atoms with Crippen LogP contribution in [0.4, 0.5) is 27.4 Å². The van der Waals surface area contributed by atoms with Crippen molar-refractivity contribution in [1.29, 1.82) is 5.26 Å². The van der Waals surface area contributed by atoms with Crippen LogP contribution in [0.25, 0.3) is 5.69 Å². The molecule has 1 aliphatic heterocycles. The molecular weight excluding hydrogens is 681 g/mol. The highest BCUT2D eigenvalue weighted by molar-refractivity contribution is 6.06. The van der Waals surface area contributed by atoms with Crippen LogP contribution in [-0.2, 0) is 4.79 Å². The predicted octanol–water partition coefficient (Wildman–Crippen LogP) is 5.01. The van der Waals surface area contributed by atoms with Crippen LogP contribution in [0.15, 0.2) is 96.1 Å². The number of piperazine rings is 1. The lowest BCUT2D eigenvalue weighted by molar-refractivity contribution is -0.117. The van der Waals surface area contributed by atoms with E-state index >= 15 is 0 Å². The largest absolute Gasteiger partial charge is 0.493 e. The van der Waals surface area contributed by atoms with E-state index in [1.807, 2.05) is 0 Å². The second-order valence-electron chi connectivity index (χ2n) is 12.1. The molecule has 0 aliphatic carbocycles. The third-order valence-corrected chi connectivity index (χ3v) is 8.28. The molecule has 3 heterocycles. The smallest absolute Gasteiger partial charge is 0.271 e. The van der Waals surface area contributed by atoms with Gasteiger partial charge in [-0.3, -0.25) is 23.9 Å². The minimum Gasteiger partial charge on any atom is -0.493 e.